The predicted octanol–water partition coefficient (Wildman–Crippen LogP) is 5.53. The molecule has 0 N–H and O–H groups in total. The second kappa shape index (κ2) is 6.89. The Kier molecular flexibility index (Phi) is 4.28. The number of fused-ring (bicyclic) bond motifs is 1. The molecule has 0 amide bonds. The van der Waals surface area contributed by atoms with Crippen LogP contribution in [0.5, 0.6) is 5.75 Å². The quantitative estimate of drug-likeness (QED) is 0.458. The molecule has 0 radical (unpaired) electrons. The third-order valence-corrected chi connectivity index (χ3v) is 4.32. The summed E-state index contributed by atoms with van der Waals surface area (Å²) in [7, 11) is 0. The summed E-state index contributed by atoms with van der Waals surface area (Å²) in [5.41, 5.74) is 3.46. The van der Waals surface area contributed by atoms with Gasteiger partial charge in [-0.15, -0.1) is 0 Å². The lowest BCUT2D eigenvalue weighted by atomic mass is 9.93. The van der Waals surface area contributed by atoms with Gasteiger partial charge in [0, 0.05) is 17.0 Å². The second-order valence-corrected chi connectivity index (χ2v) is 5.96. The molecule has 128 valence electrons. The molecule has 3 nitrogen and oxygen atoms in total. The Bertz CT molecular complexity index is 1100. The van der Waals surface area contributed by atoms with Gasteiger partial charge in [-0.3, -0.25) is 0 Å². The fraction of sp³-hybridized carbons (Fsp3) is 0.0870. The van der Waals surface area contributed by atoms with Crippen LogP contribution >= 0.6 is 0 Å². The summed E-state index contributed by atoms with van der Waals surface area (Å²) in [6, 6.07) is 25.2. The molecule has 0 aliphatic heterocycles. The van der Waals surface area contributed by atoms with Crippen LogP contribution in [0.1, 0.15) is 6.92 Å². The monoisotopic (exact) mass is 342 g/mol. The Morgan fingerprint density at radius 2 is 1.42 bits per heavy atom. The molecule has 0 saturated heterocycles. The fourth-order valence-corrected chi connectivity index (χ4v) is 3.21. The summed E-state index contributed by atoms with van der Waals surface area (Å²) in [5, 5.41) is 0.887. The van der Waals surface area contributed by atoms with Crippen LogP contribution in [0.2, 0.25) is 0 Å². The van der Waals surface area contributed by atoms with Crippen molar-refractivity contribution in [1.82, 2.24) is 0 Å². The van der Waals surface area contributed by atoms with Crippen LogP contribution < -0.4 is 10.4 Å². The standard InChI is InChI=1S/C23H18O3/c1-2-25-18-13-14-19-20(15-18)26-23(24)22(17-11-7-4-8-12-17)21(19)16-9-5-3-6-10-16/h3-15H,2H2,1H3. The number of benzene rings is 3. The van der Waals surface area contributed by atoms with Crippen molar-refractivity contribution < 1.29 is 9.15 Å². The molecule has 1 heterocycles. The van der Waals surface area contributed by atoms with Crippen molar-refractivity contribution in [2.45, 2.75) is 6.92 Å². The average Bonchev–Trinajstić information content (AvgIpc) is 2.68. The first kappa shape index (κ1) is 16.2. The third-order valence-electron chi connectivity index (χ3n) is 4.32. The van der Waals surface area contributed by atoms with Gasteiger partial charge in [-0.2, -0.15) is 0 Å². The smallest absolute Gasteiger partial charge is 0.344 e. The molecule has 0 aliphatic carbocycles. The van der Waals surface area contributed by atoms with Crippen molar-refractivity contribution in [1.29, 1.82) is 0 Å². The van der Waals surface area contributed by atoms with E-state index in [-0.39, 0.29) is 5.63 Å². The van der Waals surface area contributed by atoms with E-state index < -0.39 is 0 Å². The van der Waals surface area contributed by atoms with Crippen LogP contribution in [0.15, 0.2) is 88.1 Å². The molecular weight excluding hydrogens is 324 g/mol. The maximum atomic E-state index is 12.9. The molecule has 0 aliphatic rings. The molecule has 4 aromatic rings. The van der Waals surface area contributed by atoms with E-state index >= 15 is 0 Å². The van der Waals surface area contributed by atoms with Crippen LogP contribution in [0.25, 0.3) is 33.2 Å². The molecule has 26 heavy (non-hydrogen) atoms. The molecule has 0 bridgehead atoms. The van der Waals surface area contributed by atoms with E-state index in [1.807, 2.05) is 79.7 Å². The van der Waals surface area contributed by atoms with E-state index in [4.69, 9.17) is 9.15 Å². The van der Waals surface area contributed by atoms with Gasteiger partial charge in [0.1, 0.15) is 11.3 Å². The second-order valence-electron chi connectivity index (χ2n) is 5.96. The molecule has 0 unspecified atom stereocenters. The largest absolute Gasteiger partial charge is 0.494 e. The highest BCUT2D eigenvalue weighted by Crippen LogP contribution is 2.36. The minimum absolute atomic E-state index is 0.351. The van der Waals surface area contributed by atoms with E-state index in [0.29, 0.717) is 23.5 Å². The lowest BCUT2D eigenvalue weighted by Gasteiger charge is -2.13. The summed E-state index contributed by atoms with van der Waals surface area (Å²) in [4.78, 5) is 12.9. The summed E-state index contributed by atoms with van der Waals surface area (Å²) >= 11 is 0. The number of rotatable bonds is 4. The Morgan fingerprint density at radius 3 is 2.04 bits per heavy atom. The highest BCUT2D eigenvalue weighted by atomic mass is 16.5. The van der Waals surface area contributed by atoms with Crippen molar-refractivity contribution in [3.63, 3.8) is 0 Å². The van der Waals surface area contributed by atoms with E-state index in [0.717, 1.165) is 22.1 Å². The van der Waals surface area contributed by atoms with Crippen LogP contribution in [-0.4, -0.2) is 6.61 Å². The van der Waals surface area contributed by atoms with Crippen molar-refractivity contribution in [2.24, 2.45) is 0 Å². The Morgan fingerprint density at radius 1 is 0.808 bits per heavy atom. The molecule has 1 aromatic heterocycles. The van der Waals surface area contributed by atoms with Crippen molar-refractivity contribution in [3.8, 4) is 28.0 Å². The van der Waals surface area contributed by atoms with Gasteiger partial charge in [0.05, 0.1) is 12.2 Å². The van der Waals surface area contributed by atoms with E-state index in [9.17, 15) is 4.79 Å². The number of hydrogen-bond donors (Lipinski definition) is 0. The molecule has 3 heteroatoms. The highest BCUT2D eigenvalue weighted by molar-refractivity contribution is 6.01. The third kappa shape index (κ3) is 2.88. The van der Waals surface area contributed by atoms with Gasteiger partial charge in [0.15, 0.2) is 0 Å². The molecule has 0 spiro atoms. The van der Waals surface area contributed by atoms with Crippen LogP contribution in [0, 0.1) is 0 Å². The zero-order chi connectivity index (χ0) is 17.9. The van der Waals surface area contributed by atoms with E-state index in [1.54, 1.807) is 6.07 Å². The van der Waals surface area contributed by atoms with Crippen molar-refractivity contribution in [2.75, 3.05) is 6.61 Å². The van der Waals surface area contributed by atoms with Crippen LogP contribution in [0.4, 0.5) is 0 Å². The van der Waals surface area contributed by atoms with Gasteiger partial charge >= 0.3 is 5.63 Å². The molecule has 4 rings (SSSR count). The number of ether oxygens (including phenoxy) is 1. The van der Waals surface area contributed by atoms with Gasteiger partial charge in [0.2, 0.25) is 0 Å². The minimum Gasteiger partial charge on any atom is -0.494 e. The van der Waals surface area contributed by atoms with Crippen molar-refractivity contribution in [3.05, 3.63) is 89.3 Å². The lowest BCUT2D eigenvalue weighted by molar-refractivity contribution is 0.340. The fourth-order valence-electron chi connectivity index (χ4n) is 3.21. The SMILES string of the molecule is CCOc1ccc2c(-c3ccccc3)c(-c3ccccc3)c(=O)oc2c1. The first-order valence-corrected chi connectivity index (χ1v) is 8.62. The first-order chi connectivity index (χ1) is 12.8. The molecule has 0 saturated carbocycles. The molecular formula is C23H18O3. The van der Waals surface area contributed by atoms with Crippen molar-refractivity contribution >= 4 is 11.0 Å². The Balaban J connectivity index is 2.09. The summed E-state index contributed by atoms with van der Waals surface area (Å²) in [6.45, 7) is 2.48. The summed E-state index contributed by atoms with van der Waals surface area (Å²) in [6.07, 6.45) is 0. The summed E-state index contributed by atoms with van der Waals surface area (Å²) < 4.78 is 11.2. The van der Waals surface area contributed by atoms with Gasteiger partial charge in [-0.05, 0) is 30.2 Å². The molecule has 0 fully saturated rings. The number of hydrogen-bond acceptors (Lipinski definition) is 3. The van der Waals surface area contributed by atoms with Gasteiger partial charge < -0.3 is 9.15 Å². The van der Waals surface area contributed by atoms with Crippen LogP contribution in [0.3, 0.4) is 0 Å². The molecule has 0 atom stereocenters. The zero-order valence-corrected chi connectivity index (χ0v) is 14.4. The predicted molar refractivity (Wildman–Crippen MR) is 105 cm³/mol. The topological polar surface area (TPSA) is 39.4 Å². The van der Waals surface area contributed by atoms with Gasteiger partial charge in [0.25, 0.3) is 0 Å². The minimum atomic E-state index is -0.351. The van der Waals surface area contributed by atoms with Gasteiger partial charge in [-0.1, -0.05) is 60.7 Å². The lowest BCUT2D eigenvalue weighted by Crippen LogP contribution is -2.06. The zero-order valence-electron chi connectivity index (χ0n) is 14.4. The average molecular weight is 342 g/mol. The molecule has 3 aromatic carbocycles. The summed E-state index contributed by atoms with van der Waals surface area (Å²) in [5.74, 6) is 0.689. The maximum absolute atomic E-state index is 12.9. The van der Waals surface area contributed by atoms with Crippen LogP contribution in [-0.2, 0) is 0 Å². The normalized spacial score (nSPS) is 10.8. The Labute approximate surface area is 151 Å². The Hall–Kier alpha value is -3.33. The first-order valence-electron chi connectivity index (χ1n) is 8.62. The van der Waals surface area contributed by atoms with Gasteiger partial charge in [-0.25, -0.2) is 4.79 Å². The maximum Gasteiger partial charge on any atom is 0.344 e. The van der Waals surface area contributed by atoms with E-state index in [1.165, 1.54) is 0 Å². The highest BCUT2D eigenvalue weighted by Gasteiger charge is 2.18. The van der Waals surface area contributed by atoms with E-state index in [2.05, 4.69) is 0 Å².